The smallest absolute Gasteiger partial charge is 0.306 e. The maximum atomic E-state index is 10.9. The second-order valence-electron chi connectivity index (χ2n) is 5.22. The molecule has 2 saturated carbocycles. The highest BCUT2D eigenvalue weighted by atomic mass is 16.4. The molecule has 1 unspecified atom stereocenters. The minimum atomic E-state index is -0.682. The molecule has 16 heavy (non-hydrogen) atoms. The molecule has 0 aromatic heterocycles. The Hall–Kier alpha value is -1.06. The van der Waals surface area contributed by atoms with Crippen molar-refractivity contribution in [2.75, 3.05) is 0 Å². The van der Waals surface area contributed by atoms with Crippen LogP contribution in [0.1, 0.15) is 38.5 Å². The summed E-state index contributed by atoms with van der Waals surface area (Å²) in [4.78, 5) is 21.8. The van der Waals surface area contributed by atoms with Crippen LogP contribution in [-0.4, -0.2) is 22.2 Å². The Kier molecular flexibility index (Phi) is 3.17. The number of carboxylic acids is 2. The highest BCUT2D eigenvalue weighted by molar-refractivity contribution is 5.71. The van der Waals surface area contributed by atoms with Gasteiger partial charge in [-0.3, -0.25) is 9.59 Å². The zero-order chi connectivity index (χ0) is 11.7. The standard InChI is InChI=1S/C12H18O4/c13-11(14)9-3-1-7-5-10(12(15)16)4-2-8(7)6-9/h7-10H,1-6H2,(H,13,14)(H,15,16)/t7-,8-,9+,10?/m1/s1. The van der Waals surface area contributed by atoms with E-state index >= 15 is 0 Å². The fraction of sp³-hybridized carbons (Fsp3) is 0.833. The molecule has 2 rings (SSSR count). The van der Waals surface area contributed by atoms with Gasteiger partial charge in [0.05, 0.1) is 11.8 Å². The monoisotopic (exact) mass is 226 g/mol. The van der Waals surface area contributed by atoms with Gasteiger partial charge < -0.3 is 10.2 Å². The number of carboxylic acid groups (broad SMARTS) is 2. The number of fused-ring (bicyclic) bond motifs is 1. The van der Waals surface area contributed by atoms with E-state index < -0.39 is 11.9 Å². The molecule has 0 bridgehead atoms. The molecule has 4 nitrogen and oxygen atoms in total. The Labute approximate surface area is 94.7 Å². The Balaban J connectivity index is 1.95. The highest BCUT2D eigenvalue weighted by Crippen LogP contribution is 2.44. The number of rotatable bonds is 2. The summed E-state index contributed by atoms with van der Waals surface area (Å²) in [7, 11) is 0. The van der Waals surface area contributed by atoms with Gasteiger partial charge in [0.2, 0.25) is 0 Å². The first-order chi connectivity index (χ1) is 7.58. The number of hydrogen-bond acceptors (Lipinski definition) is 2. The van der Waals surface area contributed by atoms with Crippen LogP contribution in [0.15, 0.2) is 0 Å². The van der Waals surface area contributed by atoms with Crippen molar-refractivity contribution in [1.82, 2.24) is 0 Å². The summed E-state index contributed by atoms with van der Waals surface area (Å²) in [6.07, 6.45) is 4.75. The van der Waals surface area contributed by atoms with Crippen molar-refractivity contribution >= 4 is 11.9 Å². The second kappa shape index (κ2) is 4.44. The predicted octanol–water partition coefficient (Wildman–Crippen LogP) is 1.99. The van der Waals surface area contributed by atoms with Crippen LogP contribution in [-0.2, 0) is 9.59 Å². The van der Waals surface area contributed by atoms with Gasteiger partial charge in [-0.05, 0) is 50.4 Å². The predicted molar refractivity (Wildman–Crippen MR) is 56.9 cm³/mol. The van der Waals surface area contributed by atoms with Crippen molar-refractivity contribution < 1.29 is 19.8 Å². The Morgan fingerprint density at radius 1 is 0.750 bits per heavy atom. The lowest BCUT2D eigenvalue weighted by Crippen LogP contribution is -2.35. The average Bonchev–Trinajstić information content (AvgIpc) is 2.27. The number of hydrogen-bond donors (Lipinski definition) is 2. The first-order valence-electron chi connectivity index (χ1n) is 6.03. The van der Waals surface area contributed by atoms with Crippen LogP contribution in [0.4, 0.5) is 0 Å². The van der Waals surface area contributed by atoms with E-state index in [1.54, 1.807) is 0 Å². The molecular weight excluding hydrogens is 208 g/mol. The van der Waals surface area contributed by atoms with Gasteiger partial charge >= 0.3 is 11.9 Å². The molecule has 0 spiro atoms. The van der Waals surface area contributed by atoms with Gasteiger partial charge in [0, 0.05) is 0 Å². The van der Waals surface area contributed by atoms with E-state index in [2.05, 4.69) is 0 Å². The molecule has 2 fully saturated rings. The Bertz CT molecular complexity index is 269. The van der Waals surface area contributed by atoms with Crippen molar-refractivity contribution in [3.05, 3.63) is 0 Å². The van der Waals surface area contributed by atoms with Crippen molar-refractivity contribution in [3.63, 3.8) is 0 Å². The zero-order valence-corrected chi connectivity index (χ0v) is 9.26. The van der Waals surface area contributed by atoms with Crippen molar-refractivity contribution in [1.29, 1.82) is 0 Å². The molecular formula is C12H18O4. The maximum absolute atomic E-state index is 10.9. The summed E-state index contributed by atoms with van der Waals surface area (Å²) in [5.41, 5.74) is 0. The van der Waals surface area contributed by atoms with E-state index in [9.17, 15) is 9.59 Å². The summed E-state index contributed by atoms with van der Waals surface area (Å²) in [6.45, 7) is 0. The normalized spacial score (nSPS) is 38.8. The van der Waals surface area contributed by atoms with Crippen LogP contribution in [0.5, 0.6) is 0 Å². The molecule has 0 amide bonds. The first kappa shape index (κ1) is 11.4. The molecule has 2 aliphatic carbocycles. The lowest BCUT2D eigenvalue weighted by molar-refractivity contribution is -0.148. The summed E-state index contributed by atoms with van der Waals surface area (Å²) < 4.78 is 0. The average molecular weight is 226 g/mol. The van der Waals surface area contributed by atoms with Crippen LogP contribution >= 0.6 is 0 Å². The lowest BCUT2D eigenvalue weighted by atomic mass is 9.65. The van der Waals surface area contributed by atoms with Crippen LogP contribution in [0, 0.1) is 23.7 Å². The van der Waals surface area contributed by atoms with Crippen LogP contribution in [0.2, 0.25) is 0 Å². The molecule has 2 N–H and O–H groups in total. The summed E-state index contributed by atoms with van der Waals surface area (Å²) in [6, 6.07) is 0. The largest absolute Gasteiger partial charge is 0.481 e. The summed E-state index contributed by atoms with van der Waals surface area (Å²) in [5.74, 6) is -0.848. The SMILES string of the molecule is O=C(O)C1CC[C@@H]2C[C@@H](C(=O)O)CC[C@@H]2C1. The van der Waals surface area contributed by atoms with E-state index in [0.29, 0.717) is 11.8 Å². The van der Waals surface area contributed by atoms with Crippen molar-refractivity contribution in [3.8, 4) is 0 Å². The van der Waals surface area contributed by atoms with Gasteiger partial charge in [-0.2, -0.15) is 0 Å². The molecule has 0 aromatic rings. The highest BCUT2D eigenvalue weighted by Gasteiger charge is 2.39. The van der Waals surface area contributed by atoms with Gasteiger partial charge in [-0.25, -0.2) is 0 Å². The minimum absolute atomic E-state index is 0.192. The molecule has 0 aliphatic heterocycles. The molecule has 0 saturated heterocycles. The van der Waals surface area contributed by atoms with Gasteiger partial charge in [0.1, 0.15) is 0 Å². The van der Waals surface area contributed by atoms with Crippen molar-refractivity contribution in [2.45, 2.75) is 38.5 Å². The van der Waals surface area contributed by atoms with E-state index in [0.717, 1.165) is 38.5 Å². The molecule has 0 aromatic carbocycles. The Morgan fingerprint density at radius 2 is 1.12 bits per heavy atom. The van der Waals surface area contributed by atoms with Crippen LogP contribution in [0.25, 0.3) is 0 Å². The third-order valence-corrected chi connectivity index (χ3v) is 4.31. The van der Waals surface area contributed by atoms with Gasteiger partial charge in [0.25, 0.3) is 0 Å². The summed E-state index contributed by atoms with van der Waals surface area (Å²) >= 11 is 0. The number of aliphatic carboxylic acids is 2. The van der Waals surface area contributed by atoms with Crippen LogP contribution < -0.4 is 0 Å². The molecule has 2 aliphatic rings. The first-order valence-corrected chi connectivity index (χ1v) is 6.03. The van der Waals surface area contributed by atoms with Gasteiger partial charge in [-0.15, -0.1) is 0 Å². The van der Waals surface area contributed by atoms with Crippen molar-refractivity contribution in [2.24, 2.45) is 23.7 Å². The fourth-order valence-corrected chi connectivity index (χ4v) is 3.34. The molecule has 0 radical (unpaired) electrons. The zero-order valence-electron chi connectivity index (χ0n) is 9.26. The van der Waals surface area contributed by atoms with E-state index in [-0.39, 0.29) is 11.8 Å². The molecule has 4 atom stereocenters. The molecule has 0 heterocycles. The van der Waals surface area contributed by atoms with E-state index in [4.69, 9.17) is 10.2 Å². The molecule has 90 valence electrons. The third-order valence-electron chi connectivity index (χ3n) is 4.31. The van der Waals surface area contributed by atoms with E-state index in [1.807, 2.05) is 0 Å². The second-order valence-corrected chi connectivity index (χ2v) is 5.22. The third kappa shape index (κ3) is 2.20. The molecule has 4 heteroatoms. The minimum Gasteiger partial charge on any atom is -0.481 e. The maximum Gasteiger partial charge on any atom is 0.306 e. The topological polar surface area (TPSA) is 74.6 Å². The van der Waals surface area contributed by atoms with E-state index in [1.165, 1.54) is 0 Å². The quantitative estimate of drug-likeness (QED) is 0.755. The fourth-order valence-electron chi connectivity index (χ4n) is 3.34. The van der Waals surface area contributed by atoms with Gasteiger partial charge in [-0.1, -0.05) is 0 Å². The lowest BCUT2D eigenvalue weighted by Gasteiger charge is -2.40. The number of carbonyl (C=O) groups is 2. The van der Waals surface area contributed by atoms with Gasteiger partial charge in [0.15, 0.2) is 0 Å². The summed E-state index contributed by atoms with van der Waals surface area (Å²) in [5, 5.41) is 17.9. The Morgan fingerprint density at radius 3 is 1.44 bits per heavy atom. The van der Waals surface area contributed by atoms with Crippen LogP contribution in [0.3, 0.4) is 0 Å².